The minimum absolute atomic E-state index is 0.158. The zero-order valence-electron chi connectivity index (χ0n) is 26.0. The van der Waals surface area contributed by atoms with E-state index in [1.807, 2.05) is 61.5 Å². The van der Waals surface area contributed by atoms with E-state index in [0.717, 1.165) is 28.2 Å². The van der Waals surface area contributed by atoms with E-state index in [-0.39, 0.29) is 17.3 Å². The van der Waals surface area contributed by atoms with Crippen molar-refractivity contribution in [3.63, 3.8) is 0 Å². The molecule has 226 valence electrons. The lowest BCUT2D eigenvalue weighted by Crippen LogP contribution is -2.17. The molecule has 0 unspecified atom stereocenters. The lowest BCUT2D eigenvalue weighted by Gasteiger charge is -2.10. The van der Waals surface area contributed by atoms with Gasteiger partial charge in [0.1, 0.15) is 5.71 Å². The Kier molecular flexibility index (Phi) is 10.9. The van der Waals surface area contributed by atoms with Crippen molar-refractivity contribution in [2.75, 3.05) is 5.75 Å². The Morgan fingerprint density at radius 2 is 1.52 bits per heavy atom. The summed E-state index contributed by atoms with van der Waals surface area (Å²) in [6.07, 6.45) is 8.67. The Bertz CT molecular complexity index is 1820. The largest absolute Gasteiger partial charge is 0.341 e. The van der Waals surface area contributed by atoms with Gasteiger partial charge in [0.25, 0.3) is 0 Å². The van der Waals surface area contributed by atoms with Gasteiger partial charge in [0.05, 0.1) is 0 Å². The molecule has 6 nitrogen and oxygen atoms in total. The zero-order chi connectivity index (χ0) is 31.8. The molecule has 3 aromatic carbocycles. The van der Waals surface area contributed by atoms with Crippen LogP contribution in [0.15, 0.2) is 101 Å². The summed E-state index contributed by atoms with van der Waals surface area (Å²) < 4.78 is 2.16. The number of benzene rings is 3. The van der Waals surface area contributed by atoms with Crippen LogP contribution in [0.5, 0.6) is 0 Å². The van der Waals surface area contributed by atoms with Gasteiger partial charge in [-0.3, -0.25) is 9.59 Å². The molecule has 0 radical (unpaired) electrons. The third kappa shape index (κ3) is 7.34. The van der Waals surface area contributed by atoms with Crippen molar-refractivity contribution in [1.82, 2.24) is 4.57 Å². The number of fused-ring (bicyclic) bond motifs is 3. The van der Waals surface area contributed by atoms with Gasteiger partial charge in [0.2, 0.25) is 5.78 Å². The Morgan fingerprint density at radius 3 is 2.09 bits per heavy atom. The number of carbonyl (C=O) groups is 3. The highest BCUT2D eigenvalue weighted by atomic mass is 32.2. The second kappa shape index (κ2) is 14.8. The number of hydrogen-bond acceptors (Lipinski definition) is 6. The van der Waals surface area contributed by atoms with Crippen molar-refractivity contribution in [2.24, 2.45) is 5.16 Å². The van der Waals surface area contributed by atoms with Crippen LogP contribution in [0.2, 0.25) is 0 Å². The second-order valence-electron chi connectivity index (χ2n) is 10.5. The van der Waals surface area contributed by atoms with Crippen molar-refractivity contribution in [2.45, 2.75) is 58.9 Å². The predicted molar refractivity (Wildman–Crippen MR) is 182 cm³/mol. The number of allylic oxidation sites excluding steroid dienone is 5. The fraction of sp³-hybridized carbons (Fsp3) is 0.243. The molecule has 7 heteroatoms. The lowest BCUT2D eigenvalue weighted by molar-refractivity contribution is -0.140. The van der Waals surface area contributed by atoms with Gasteiger partial charge < -0.3 is 9.40 Å². The Labute approximate surface area is 263 Å². The van der Waals surface area contributed by atoms with Crippen molar-refractivity contribution in [3.05, 3.63) is 113 Å². The summed E-state index contributed by atoms with van der Waals surface area (Å²) in [5.74, 6) is -0.463. The summed E-state index contributed by atoms with van der Waals surface area (Å²) in [7, 11) is 0. The molecule has 0 atom stereocenters. The van der Waals surface area contributed by atoms with Crippen molar-refractivity contribution in [1.29, 1.82) is 0 Å². The summed E-state index contributed by atoms with van der Waals surface area (Å²) in [4.78, 5) is 44.7. The third-order valence-corrected chi connectivity index (χ3v) is 8.66. The van der Waals surface area contributed by atoms with E-state index in [2.05, 4.69) is 49.2 Å². The predicted octanol–water partition coefficient (Wildman–Crippen LogP) is 8.98. The number of aromatic nitrogens is 1. The maximum Gasteiger partial charge on any atom is 0.331 e. The molecular formula is C37H38N2O4S. The molecule has 44 heavy (non-hydrogen) atoms. The number of oxime groups is 1. The number of nitrogens with zero attached hydrogens (tertiary/aromatic N) is 2. The summed E-state index contributed by atoms with van der Waals surface area (Å²) >= 11 is 1.65. The Morgan fingerprint density at radius 1 is 0.909 bits per heavy atom. The number of carbonyl (C=O) groups excluding carboxylic acids is 3. The molecule has 0 fully saturated rings. The molecule has 0 aliphatic heterocycles. The molecule has 0 amide bonds. The molecule has 1 aromatic heterocycles. The highest BCUT2D eigenvalue weighted by Crippen LogP contribution is 2.32. The maximum absolute atomic E-state index is 13.8. The molecule has 0 saturated heterocycles. The average Bonchev–Trinajstić information content (AvgIpc) is 3.33. The van der Waals surface area contributed by atoms with Gasteiger partial charge in [0.15, 0.2) is 5.78 Å². The van der Waals surface area contributed by atoms with Gasteiger partial charge in [-0.15, -0.1) is 11.8 Å². The van der Waals surface area contributed by atoms with E-state index in [1.54, 1.807) is 23.9 Å². The first-order valence-electron chi connectivity index (χ1n) is 14.8. The molecule has 0 bridgehead atoms. The van der Waals surface area contributed by atoms with Gasteiger partial charge in [0, 0.05) is 69.0 Å². The van der Waals surface area contributed by atoms with E-state index < -0.39 is 5.97 Å². The third-order valence-electron chi connectivity index (χ3n) is 7.32. The summed E-state index contributed by atoms with van der Waals surface area (Å²) in [6.45, 7) is 14.2. The standard InChI is InChI=1S/C37H38N2O4S/c1-7-9-10-11-13-24(3)35(41)28-16-18-33-30(22-28)31-23-29(17-19-34(31)39(33)8-2)36(42)32(38-43-27(6)40)20-21-44-37-25(4)14-12-15-26(37)5/h9-19,22-23H,3,7-8,20-21H2,1-2,4-6H3/b10-9-,13-11-,38-32+. The quantitative estimate of drug-likeness (QED) is 0.0289. The Hall–Kier alpha value is -4.49. The normalized spacial score (nSPS) is 12.1. The second-order valence-corrected chi connectivity index (χ2v) is 11.6. The van der Waals surface area contributed by atoms with Crippen LogP contribution < -0.4 is 0 Å². The smallest absolute Gasteiger partial charge is 0.331 e. The zero-order valence-corrected chi connectivity index (χ0v) is 26.8. The molecule has 0 aliphatic rings. The first kappa shape index (κ1) is 32.4. The molecule has 0 saturated carbocycles. The van der Waals surface area contributed by atoms with E-state index in [9.17, 15) is 14.4 Å². The van der Waals surface area contributed by atoms with Gasteiger partial charge >= 0.3 is 5.97 Å². The molecule has 0 N–H and O–H groups in total. The Balaban J connectivity index is 1.68. The number of Topliss-reactive ketones (excluding diaryl/α,β-unsaturated/α-hetero) is 2. The van der Waals surface area contributed by atoms with Gasteiger partial charge in [-0.2, -0.15) is 0 Å². The van der Waals surface area contributed by atoms with E-state index in [1.165, 1.54) is 22.9 Å². The van der Waals surface area contributed by atoms with Gasteiger partial charge in [-0.1, -0.05) is 61.2 Å². The summed E-state index contributed by atoms with van der Waals surface area (Å²) in [6, 6.07) is 17.3. The fourth-order valence-electron chi connectivity index (χ4n) is 5.14. The van der Waals surface area contributed by atoms with Gasteiger partial charge in [-0.25, -0.2) is 4.79 Å². The fourth-order valence-corrected chi connectivity index (χ4v) is 6.23. The van der Waals surface area contributed by atoms with Crippen LogP contribution in [0.25, 0.3) is 21.8 Å². The van der Waals surface area contributed by atoms with E-state index >= 15 is 0 Å². The first-order valence-corrected chi connectivity index (χ1v) is 15.8. The monoisotopic (exact) mass is 606 g/mol. The average molecular weight is 607 g/mol. The van der Waals surface area contributed by atoms with E-state index in [4.69, 9.17) is 4.84 Å². The first-order chi connectivity index (χ1) is 21.2. The number of aryl methyl sites for hydroxylation is 3. The number of hydrogen-bond donors (Lipinski definition) is 0. The van der Waals surface area contributed by atoms with E-state index in [0.29, 0.717) is 35.4 Å². The molecule has 0 aliphatic carbocycles. The van der Waals surface area contributed by atoms with Crippen molar-refractivity contribution < 1.29 is 19.2 Å². The lowest BCUT2D eigenvalue weighted by atomic mass is 9.99. The maximum atomic E-state index is 13.8. The van der Waals surface area contributed by atoms with Crippen LogP contribution in [-0.2, 0) is 16.2 Å². The molecular weight excluding hydrogens is 568 g/mol. The van der Waals surface area contributed by atoms with Crippen molar-refractivity contribution in [3.8, 4) is 0 Å². The minimum atomic E-state index is -0.589. The molecule has 1 heterocycles. The highest BCUT2D eigenvalue weighted by molar-refractivity contribution is 7.99. The van der Waals surface area contributed by atoms with Crippen LogP contribution in [0.4, 0.5) is 0 Å². The van der Waals surface area contributed by atoms with Crippen LogP contribution >= 0.6 is 11.8 Å². The number of thioether (sulfide) groups is 1. The van der Waals surface area contributed by atoms with Crippen LogP contribution in [0.3, 0.4) is 0 Å². The van der Waals surface area contributed by atoms with Crippen LogP contribution in [0.1, 0.15) is 65.5 Å². The summed E-state index contributed by atoms with van der Waals surface area (Å²) in [5, 5.41) is 5.69. The van der Waals surface area contributed by atoms with Gasteiger partial charge in [-0.05, 0) is 74.7 Å². The number of ketones is 2. The van der Waals surface area contributed by atoms with Crippen molar-refractivity contribution >= 4 is 56.8 Å². The molecule has 4 aromatic rings. The number of rotatable bonds is 13. The molecule has 4 rings (SSSR count). The van der Waals surface area contributed by atoms with Crippen LogP contribution in [0, 0.1) is 13.8 Å². The highest BCUT2D eigenvalue weighted by Gasteiger charge is 2.20. The molecule has 0 spiro atoms. The van der Waals surface area contributed by atoms with Crippen LogP contribution in [-0.4, -0.2) is 33.6 Å². The minimum Gasteiger partial charge on any atom is -0.341 e. The topological polar surface area (TPSA) is 77.7 Å². The SMILES string of the molecule is C=C(/C=C\C=C/CC)C(=O)c1ccc2c(c1)c1cc(C(=O)/C(CCSc3c(C)cccc3C)=N/OC(C)=O)ccc1n2CC. The summed E-state index contributed by atoms with van der Waals surface area (Å²) in [5.41, 5.74) is 5.79.